The number of fused-ring (bicyclic) bond motifs is 1. The minimum absolute atomic E-state index is 0.0936. The van der Waals surface area contributed by atoms with Gasteiger partial charge in [-0.2, -0.15) is 0 Å². The third kappa shape index (κ3) is 3.22. The number of amides is 1. The zero-order valence-electron chi connectivity index (χ0n) is 12.9. The number of hydrogen-bond donors (Lipinski definition) is 2. The standard InChI is InChI=1S/C18H20N2OS/c1-12-5-6-17-16(10-12)15(13(2)20-17)7-8-19-18(21)11-14-4-3-9-22-14/h3-6,9-10,20H,7-8,11H2,1-2H3,(H,19,21). The van der Waals surface area contributed by atoms with E-state index in [0.717, 1.165) is 11.3 Å². The first-order valence-electron chi connectivity index (χ1n) is 7.50. The van der Waals surface area contributed by atoms with Crippen molar-refractivity contribution in [3.05, 3.63) is 57.4 Å². The second-order valence-electron chi connectivity index (χ2n) is 5.63. The predicted molar refractivity (Wildman–Crippen MR) is 92.5 cm³/mol. The van der Waals surface area contributed by atoms with Crippen molar-refractivity contribution < 1.29 is 4.79 Å². The molecule has 0 spiro atoms. The molecule has 0 aliphatic heterocycles. The van der Waals surface area contributed by atoms with Crippen LogP contribution in [0.25, 0.3) is 10.9 Å². The summed E-state index contributed by atoms with van der Waals surface area (Å²) in [7, 11) is 0. The lowest BCUT2D eigenvalue weighted by Gasteiger charge is -2.05. The Morgan fingerprint density at radius 3 is 2.91 bits per heavy atom. The van der Waals surface area contributed by atoms with Crippen molar-refractivity contribution in [2.45, 2.75) is 26.7 Å². The van der Waals surface area contributed by atoms with Crippen LogP contribution in [0.3, 0.4) is 0 Å². The molecule has 1 aromatic carbocycles. The van der Waals surface area contributed by atoms with E-state index >= 15 is 0 Å². The van der Waals surface area contributed by atoms with Crippen molar-refractivity contribution in [1.82, 2.24) is 10.3 Å². The Balaban J connectivity index is 1.63. The van der Waals surface area contributed by atoms with Gasteiger partial charge < -0.3 is 10.3 Å². The quantitative estimate of drug-likeness (QED) is 0.740. The molecule has 0 saturated heterocycles. The number of H-pyrrole nitrogens is 1. The summed E-state index contributed by atoms with van der Waals surface area (Å²) in [6.07, 6.45) is 1.33. The third-order valence-corrected chi connectivity index (χ3v) is 4.76. The molecule has 3 nitrogen and oxygen atoms in total. The van der Waals surface area contributed by atoms with Gasteiger partial charge in [0.05, 0.1) is 6.42 Å². The Kier molecular flexibility index (Phi) is 4.29. The summed E-state index contributed by atoms with van der Waals surface area (Å²) in [5, 5.41) is 6.29. The highest BCUT2D eigenvalue weighted by Gasteiger charge is 2.09. The number of hydrogen-bond acceptors (Lipinski definition) is 2. The van der Waals surface area contributed by atoms with E-state index < -0.39 is 0 Å². The Hall–Kier alpha value is -2.07. The van der Waals surface area contributed by atoms with E-state index in [0.29, 0.717) is 13.0 Å². The Labute approximate surface area is 134 Å². The van der Waals surface area contributed by atoms with Crippen molar-refractivity contribution in [3.63, 3.8) is 0 Å². The lowest BCUT2D eigenvalue weighted by atomic mass is 10.1. The molecule has 0 unspecified atom stereocenters. The van der Waals surface area contributed by atoms with Crippen molar-refractivity contribution >= 4 is 28.1 Å². The molecule has 0 saturated carbocycles. The van der Waals surface area contributed by atoms with Gasteiger partial charge in [-0.15, -0.1) is 11.3 Å². The van der Waals surface area contributed by atoms with Crippen molar-refractivity contribution in [3.8, 4) is 0 Å². The van der Waals surface area contributed by atoms with Gasteiger partial charge in [0.25, 0.3) is 0 Å². The summed E-state index contributed by atoms with van der Waals surface area (Å²) in [6.45, 7) is 4.87. The number of nitrogens with one attached hydrogen (secondary N) is 2. The highest BCUT2D eigenvalue weighted by Crippen LogP contribution is 2.23. The van der Waals surface area contributed by atoms with Crippen molar-refractivity contribution in [1.29, 1.82) is 0 Å². The molecule has 1 amide bonds. The molecule has 0 aliphatic rings. The van der Waals surface area contributed by atoms with E-state index in [1.165, 1.54) is 27.7 Å². The molecule has 0 aliphatic carbocycles. The maximum absolute atomic E-state index is 11.9. The predicted octanol–water partition coefficient (Wildman–Crippen LogP) is 3.75. The van der Waals surface area contributed by atoms with Gasteiger partial charge in [-0.25, -0.2) is 0 Å². The Morgan fingerprint density at radius 2 is 2.14 bits per heavy atom. The SMILES string of the molecule is Cc1ccc2[nH]c(C)c(CCNC(=O)Cc3cccs3)c2c1. The summed E-state index contributed by atoms with van der Waals surface area (Å²) in [5.74, 6) is 0.0936. The van der Waals surface area contributed by atoms with Gasteiger partial charge in [-0.05, 0) is 49.4 Å². The van der Waals surface area contributed by atoms with E-state index in [-0.39, 0.29) is 5.91 Å². The first kappa shape index (κ1) is 14.9. The first-order chi connectivity index (χ1) is 10.6. The molecule has 0 radical (unpaired) electrons. The van der Waals surface area contributed by atoms with Crippen LogP contribution < -0.4 is 5.32 Å². The van der Waals surface area contributed by atoms with Gasteiger partial charge in [0.2, 0.25) is 5.91 Å². The van der Waals surface area contributed by atoms with Gasteiger partial charge >= 0.3 is 0 Å². The second-order valence-corrected chi connectivity index (χ2v) is 6.67. The summed E-state index contributed by atoms with van der Waals surface area (Å²) < 4.78 is 0. The van der Waals surface area contributed by atoms with Crippen LogP contribution in [-0.4, -0.2) is 17.4 Å². The lowest BCUT2D eigenvalue weighted by Crippen LogP contribution is -2.27. The van der Waals surface area contributed by atoms with Gasteiger partial charge in [0.15, 0.2) is 0 Å². The highest BCUT2D eigenvalue weighted by molar-refractivity contribution is 7.10. The number of carbonyl (C=O) groups is 1. The molecule has 114 valence electrons. The second kappa shape index (κ2) is 6.36. The van der Waals surface area contributed by atoms with Crippen LogP contribution in [0.2, 0.25) is 0 Å². The fourth-order valence-electron chi connectivity index (χ4n) is 2.78. The van der Waals surface area contributed by atoms with Gasteiger partial charge in [-0.1, -0.05) is 17.7 Å². The molecule has 0 bridgehead atoms. The number of aromatic amines is 1. The maximum Gasteiger partial charge on any atom is 0.225 e. The van der Waals surface area contributed by atoms with Crippen LogP contribution in [0, 0.1) is 13.8 Å². The zero-order valence-corrected chi connectivity index (χ0v) is 13.7. The fourth-order valence-corrected chi connectivity index (χ4v) is 3.48. The summed E-state index contributed by atoms with van der Waals surface area (Å²) in [6, 6.07) is 10.4. The molecule has 0 fully saturated rings. The van der Waals surface area contributed by atoms with Gasteiger partial charge in [0, 0.05) is 28.0 Å². The van der Waals surface area contributed by atoms with E-state index in [1.54, 1.807) is 11.3 Å². The maximum atomic E-state index is 11.9. The van der Waals surface area contributed by atoms with Gasteiger partial charge in [-0.3, -0.25) is 4.79 Å². The fraction of sp³-hybridized carbons (Fsp3) is 0.278. The largest absolute Gasteiger partial charge is 0.358 e. The molecular weight excluding hydrogens is 292 g/mol. The number of aromatic nitrogens is 1. The third-order valence-electron chi connectivity index (χ3n) is 3.89. The molecule has 2 aromatic heterocycles. The zero-order chi connectivity index (χ0) is 15.5. The smallest absolute Gasteiger partial charge is 0.225 e. The lowest BCUT2D eigenvalue weighted by molar-refractivity contribution is -0.120. The van der Waals surface area contributed by atoms with Crippen LogP contribution in [0.1, 0.15) is 21.7 Å². The van der Waals surface area contributed by atoms with E-state index in [1.807, 2.05) is 17.5 Å². The summed E-state index contributed by atoms with van der Waals surface area (Å²) >= 11 is 1.62. The van der Waals surface area contributed by atoms with E-state index in [9.17, 15) is 4.79 Å². The average Bonchev–Trinajstić information content (AvgIpc) is 3.08. The normalized spacial score (nSPS) is 11.0. The van der Waals surface area contributed by atoms with Crippen LogP contribution in [0.15, 0.2) is 35.7 Å². The van der Waals surface area contributed by atoms with Crippen LogP contribution in [0.5, 0.6) is 0 Å². The molecule has 0 atom stereocenters. The van der Waals surface area contributed by atoms with E-state index in [4.69, 9.17) is 0 Å². The summed E-state index contributed by atoms with van der Waals surface area (Å²) in [5.41, 5.74) is 4.92. The molecule has 4 heteroatoms. The number of rotatable bonds is 5. The minimum atomic E-state index is 0.0936. The van der Waals surface area contributed by atoms with Crippen LogP contribution in [0.4, 0.5) is 0 Å². The molecule has 2 N–H and O–H groups in total. The molecular formula is C18H20N2OS. The summed E-state index contributed by atoms with van der Waals surface area (Å²) in [4.78, 5) is 16.5. The van der Waals surface area contributed by atoms with E-state index in [2.05, 4.69) is 42.3 Å². The molecule has 22 heavy (non-hydrogen) atoms. The van der Waals surface area contributed by atoms with Crippen LogP contribution >= 0.6 is 11.3 Å². The highest BCUT2D eigenvalue weighted by atomic mass is 32.1. The molecule has 3 aromatic rings. The number of benzene rings is 1. The molecule has 3 rings (SSSR count). The monoisotopic (exact) mass is 312 g/mol. The van der Waals surface area contributed by atoms with Crippen molar-refractivity contribution in [2.75, 3.05) is 6.54 Å². The Morgan fingerprint density at radius 1 is 1.27 bits per heavy atom. The topological polar surface area (TPSA) is 44.9 Å². The molecule has 2 heterocycles. The number of carbonyl (C=O) groups excluding carboxylic acids is 1. The first-order valence-corrected chi connectivity index (χ1v) is 8.38. The minimum Gasteiger partial charge on any atom is -0.358 e. The Bertz CT molecular complexity index is 787. The van der Waals surface area contributed by atoms with Crippen LogP contribution in [-0.2, 0) is 17.6 Å². The van der Waals surface area contributed by atoms with Crippen molar-refractivity contribution in [2.24, 2.45) is 0 Å². The number of aryl methyl sites for hydroxylation is 2. The average molecular weight is 312 g/mol. The van der Waals surface area contributed by atoms with Gasteiger partial charge in [0.1, 0.15) is 0 Å². The number of thiophene rings is 1.